The van der Waals surface area contributed by atoms with E-state index in [1.54, 1.807) is 11.9 Å². The molecule has 2 aliphatic heterocycles. The van der Waals surface area contributed by atoms with E-state index in [-0.39, 0.29) is 6.03 Å². The Hall–Kier alpha value is -1.30. The number of carbonyl (C=O) groups excluding carboxylic acids is 1. The first-order valence-electron chi connectivity index (χ1n) is 7.42. The number of hydrogen-bond donors (Lipinski definition) is 1. The molecule has 2 fully saturated rings. The monoisotopic (exact) mass is 284 g/mol. The molecule has 114 valence electrons. The molecule has 0 aromatic rings. The van der Waals surface area contributed by atoms with Crippen LogP contribution in [0.2, 0.25) is 0 Å². The molecule has 0 aliphatic carbocycles. The molecule has 1 N–H and O–H groups in total. The Labute approximate surface area is 119 Å². The van der Waals surface area contributed by atoms with Gasteiger partial charge < -0.3 is 19.6 Å². The Morgan fingerprint density at radius 1 is 1.25 bits per heavy atom. The molecule has 2 heterocycles. The molecule has 6 nitrogen and oxygen atoms in total. The van der Waals surface area contributed by atoms with E-state index >= 15 is 0 Å². The highest BCUT2D eigenvalue weighted by atomic mass is 16.5. The molecule has 1 unspecified atom stereocenters. The van der Waals surface area contributed by atoms with Gasteiger partial charge in [-0.15, -0.1) is 0 Å². The lowest BCUT2D eigenvalue weighted by Crippen LogP contribution is -2.53. The van der Waals surface area contributed by atoms with Crippen molar-refractivity contribution in [2.24, 2.45) is 5.92 Å². The largest absolute Gasteiger partial charge is 0.480 e. The van der Waals surface area contributed by atoms with Gasteiger partial charge in [-0.25, -0.2) is 9.59 Å². The summed E-state index contributed by atoms with van der Waals surface area (Å²) < 4.78 is 5.32. The number of ether oxygens (including phenoxy) is 1. The Morgan fingerprint density at radius 2 is 1.95 bits per heavy atom. The highest BCUT2D eigenvalue weighted by Crippen LogP contribution is 2.21. The minimum absolute atomic E-state index is 0.149. The van der Waals surface area contributed by atoms with Crippen LogP contribution >= 0.6 is 0 Å². The summed E-state index contributed by atoms with van der Waals surface area (Å²) in [5.74, 6) is -0.428. The van der Waals surface area contributed by atoms with Crippen molar-refractivity contribution < 1.29 is 19.4 Å². The smallest absolute Gasteiger partial charge is 0.326 e. The average molecular weight is 284 g/mol. The van der Waals surface area contributed by atoms with Crippen LogP contribution in [0.25, 0.3) is 0 Å². The van der Waals surface area contributed by atoms with Crippen LogP contribution in [0, 0.1) is 5.92 Å². The molecule has 0 saturated carbocycles. The number of urea groups is 1. The molecule has 0 spiro atoms. The van der Waals surface area contributed by atoms with E-state index < -0.39 is 12.0 Å². The van der Waals surface area contributed by atoms with E-state index in [9.17, 15) is 14.7 Å². The summed E-state index contributed by atoms with van der Waals surface area (Å²) in [7, 11) is 1.77. The van der Waals surface area contributed by atoms with Gasteiger partial charge in [-0.2, -0.15) is 0 Å². The predicted octanol–water partition coefficient (Wildman–Crippen LogP) is 1.40. The van der Waals surface area contributed by atoms with Crippen molar-refractivity contribution in [3.05, 3.63) is 0 Å². The van der Waals surface area contributed by atoms with Gasteiger partial charge in [0, 0.05) is 33.4 Å². The molecule has 6 heteroatoms. The zero-order valence-corrected chi connectivity index (χ0v) is 12.1. The number of nitrogens with zero attached hydrogens (tertiary/aromatic N) is 2. The molecular weight excluding hydrogens is 260 g/mol. The van der Waals surface area contributed by atoms with Crippen molar-refractivity contribution in [3.8, 4) is 0 Å². The summed E-state index contributed by atoms with van der Waals surface area (Å²) in [5, 5.41) is 9.23. The van der Waals surface area contributed by atoms with Crippen LogP contribution in [0.15, 0.2) is 0 Å². The van der Waals surface area contributed by atoms with Crippen LogP contribution in [0.1, 0.15) is 32.1 Å². The summed E-state index contributed by atoms with van der Waals surface area (Å²) in [6, 6.07) is -0.808. The Kier molecular flexibility index (Phi) is 5.23. The van der Waals surface area contributed by atoms with E-state index in [1.165, 1.54) is 4.90 Å². The third kappa shape index (κ3) is 3.62. The van der Waals surface area contributed by atoms with E-state index in [0.717, 1.165) is 38.9 Å². The maximum atomic E-state index is 12.4. The quantitative estimate of drug-likeness (QED) is 0.850. The second-order valence-corrected chi connectivity index (χ2v) is 5.76. The van der Waals surface area contributed by atoms with Gasteiger partial charge in [0.2, 0.25) is 0 Å². The van der Waals surface area contributed by atoms with E-state index in [2.05, 4.69) is 0 Å². The number of piperidine rings is 1. The van der Waals surface area contributed by atoms with Crippen LogP contribution in [0.5, 0.6) is 0 Å². The Bertz CT molecular complexity index is 355. The van der Waals surface area contributed by atoms with Gasteiger partial charge in [-0.1, -0.05) is 0 Å². The number of hydrogen-bond acceptors (Lipinski definition) is 3. The number of likely N-dealkylation sites (tertiary alicyclic amines) is 1. The fourth-order valence-corrected chi connectivity index (χ4v) is 3.03. The van der Waals surface area contributed by atoms with Gasteiger partial charge in [0.25, 0.3) is 0 Å². The van der Waals surface area contributed by atoms with Crippen LogP contribution < -0.4 is 0 Å². The molecule has 0 aromatic heterocycles. The van der Waals surface area contributed by atoms with Gasteiger partial charge in [0.15, 0.2) is 0 Å². The number of carbonyl (C=O) groups is 2. The maximum Gasteiger partial charge on any atom is 0.326 e. The predicted molar refractivity (Wildman–Crippen MR) is 73.5 cm³/mol. The average Bonchev–Trinajstić information content (AvgIpc) is 2.47. The molecule has 2 aliphatic rings. The van der Waals surface area contributed by atoms with Crippen molar-refractivity contribution in [1.29, 1.82) is 0 Å². The fraction of sp³-hybridized carbons (Fsp3) is 0.857. The summed E-state index contributed by atoms with van der Waals surface area (Å²) >= 11 is 0. The number of rotatable bonds is 3. The molecule has 0 aromatic carbocycles. The summed E-state index contributed by atoms with van der Waals surface area (Å²) in [5.41, 5.74) is 0. The first kappa shape index (κ1) is 15.1. The first-order chi connectivity index (χ1) is 9.59. The van der Waals surface area contributed by atoms with E-state index in [4.69, 9.17) is 4.74 Å². The highest BCUT2D eigenvalue weighted by molar-refractivity contribution is 5.82. The third-order valence-electron chi connectivity index (χ3n) is 4.23. The summed E-state index contributed by atoms with van der Waals surface area (Å²) in [4.78, 5) is 26.9. The number of carboxylic acids is 1. The van der Waals surface area contributed by atoms with Gasteiger partial charge >= 0.3 is 12.0 Å². The highest BCUT2D eigenvalue weighted by Gasteiger charge is 2.34. The van der Waals surface area contributed by atoms with E-state index in [1.807, 2.05) is 0 Å². The van der Waals surface area contributed by atoms with Crippen molar-refractivity contribution in [1.82, 2.24) is 9.80 Å². The van der Waals surface area contributed by atoms with Gasteiger partial charge in [0.1, 0.15) is 6.04 Å². The first-order valence-corrected chi connectivity index (χ1v) is 7.42. The van der Waals surface area contributed by atoms with Crippen LogP contribution in [-0.4, -0.2) is 66.3 Å². The zero-order chi connectivity index (χ0) is 14.5. The van der Waals surface area contributed by atoms with Crippen molar-refractivity contribution >= 4 is 12.0 Å². The molecule has 2 rings (SSSR count). The Morgan fingerprint density at radius 3 is 2.60 bits per heavy atom. The number of aliphatic carboxylic acids is 1. The van der Waals surface area contributed by atoms with Crippen molar-refractivity contribution in [2.75, 3.05) is 33.4 Å². The molecule has 2 saturated heterocycles. The number of amides is 2. The lowest BCUT2D eigenvalue weighted by atomic mass is 9.99. The van der Waals surface area contributed by atoms with Gasteiger partial charge in [0.05, 0.1) is 0 Å². The molecule has 1 atom stereocenters. The van der Waals surface area contributed by atoms with Gasteiger partial charge in [-0.3, -0.25) is 0 Å². The Balaban J connectivity index is 1.92. The minimum Gasteiger partial charge on any atom is -0.480 e. The normalized spacial score (nSPS) is 24.4. The molecule has 0 radical (unpaired) electrons. The third-order valence-corrected chi connectivity index (χ3v) is 4.23. The van der Waals surface area contributed by atoms with Crippen LogP contribution in [0.4, 0.5) is 4.79 Å². The topological polar surface area (TPSA) is 70.1 Å². The number of carboxylic acid groups (broad SMARTS) is 1. The minimum atomic E-state index is -0.891. The van der Waals surface area contributed by atoms with Gasteiger partial charge in [-0.05, 0) is 38.0 Å². The summed E-state index contributed by atoms with van der Waals surface area (Å²) in [6.07, 6.45) is 4.27. The second kappa shape index (κ2) is 6.92. The van der Waals surface area contributed by atoms with Crippen molar-refractivity contribution in [3.63, 3.8) is 0 Å². The summed E-state index contributed by atoms with van der Waals surface area (Å²) in [6.45, 7) is 2.75. The molecule has 20 heavy (non-hydrogen) atoms. The SMILES string of the molecule is CN(CC1CCOCC1)C(=O)N1CCCCC1C(=O)O. The lowest BCUT2D eigenvalue weighted by Gasteiger charge is -2.37. The van der Waals surface area contributed by atoms with Crippen molar-refractivity contribution in [2.45, 2.75) is 38.1 Å². The molecular formula is C14H24N2O4. The zero-order valence-electron chi connectivity index (χ0n) is 12.1. The molecule has 2 amide bonds. The maximum absolute atomic E-state index is 12.4. The second-order valence-electron chi connectivity index (χ2n) is 5.76. The standard InChI is InChI=1S/C14H24N2O4/c1-15(10-11-5-8-20-9-6-11)14(19)16-7-3-2-4-12(16)13(17)18/h11-12H,2-10H2,1H3,(H,17,18). The fourth-order valence-electron chi connectivity index (χ4n) is 3.03. The van der Waals surface area contributed by atoms with Crippen LogP contribution in [0.3, 0.4) is 0 Å². The molecule has 0 bridgehead atoms. The van der Waals surface area contributed by atoms with Crippen LogP contribution in [-0.2, 0) is 9.53 Å². The lowest BCUT2D eigenvalue weighted by molar-refractivity contribution is -0.143. The van der Waals surface area contributed by atoms with E-state index in [0.29, 0.717) is 25.4 Å².